The summed E-state index contributed by atoms with van der Waals surface area (Å²) in [6.45, 7) is 0. The average molecular weight is 651 g/mol. The average Bonchev–Trinajstić information content (AvgIpc) is 3.85. The lowest BCUT2D eigenvalue weighted by molar-refractivity contribution is 0.669. The standard InChI is InChI=1S/C48H30N2O/c1-2-12-31(13-3-1)32-24-26-33(27-25-32)34-14-10-15-35(28-34)49-41-19-7-4-16-36(41)39-30-45-40(29-44(39)49)37-17-5-8-20-42(37)50(45)43-21-11-23-47-48(43)38-18-6-9-22-46(38)51-47/h1-30H. The smallest absolute Gasteiger partial charge is 0.137 e. The van der Waals surface area contributed by atoms with Crippen LogP contribution < -0.4 is 0 Å². The molecule has 0 aliphatic rings. The third-order valence-corrected chi connectivity index (χ3v) is 10.5. The van der Waals surface area contributed by atoms with Crippen LogP contribution in [-0.4, -0.2) is 9.13 Å². The van der Waals surface area contributed by atoms with Crippen LogP contribution in [0.25, 0.3) is 99.2 Å². The Kier molecular flexibility index (Phi) is 5.96. The fraction of sp³-hybridized carbons (Fsp3) is 0. The highest BCUT2D eigenvalue weighted by molar-refractivity contribution is 6.20. The predicted octanol–water partition coefficient (Wildman–Crippen LogP) is 13.1. The third-order valence-electron chi connectivity index (χ3n) is 10.5. The van der Waals surface area contributed by atoms with Gasteiger partial charge in [0.25, 0.3) is 0 Å². The van der Waals surface area contributed by atoms with Gasteiger partial charge in [0.2, 0.25) is 0 Å². The summed E-state index contributed by atoms with van der Waals surface area (Å²) in [6, 6.07) is 65.5. The first-order valence-corrected chi connectivity index (χ1v) is 17.4. The Balaban J connectivity index is 1.15. The van der Waals surface area contributed by atoms with Gasteiger partial charge < -0.3 is 13.6 Å². The van der Waals surface area contributed by atoms with Gasteiger partial charge in [-0.15, -0.1) is 0 Å². The van der Waals surface area contributed by atoms with Crippen LogP contribution in [0.2, 0.25) is 0 Å². The molecule has 3 heterocycles. The van der Waals surface area contributed by atoms with Gasteiger partial charge in [0.05, 0.1) is 33.1 Å². The Hall–Kier alpha value is -6.84. The van der Waals surface area contributed by atoms with Crippen LogP contribution in [0, 0.1) is 0 Å². The number of rotatable bonds is 4. The maximum absolute atomic E-state index is 6.35. The molecular weight excluding hydrogens is 621 g/mol. The number of aromatic nitrogens is 2. The lowest BCUT2D eigenvalue weighted by Crippen LogP contribution is -1.95. The maximum Gasteiger partial charge on any atom is 0.137 e. The van der Waals surface area contributed by atoms with E-state index in [1.807, 2.05) is 6.07 Å². The van der Waals surface area contributed by atoms with Crippen molar-refractivity contribution >= 4 is 65.6 Å². The number of furan rings is 1. The van der Waals surface area contributed by atoms with E-state index in [9.17, 15) is 0 Å². The van der Waals surface area contributed by atoms with Crippen LogP contribution in [0.15, 0.2) is 186 Å². The molecule has 3 heteroatoms. The zero-order chi connectivity index (χ0) is 33.5. The topological polar surface area (TPSA) is 23.0 Å². The third kappa shape index (κ3) is 4.19. The van der Waals surface area contributed by atoms with E-state index in [0.717, 1.165) is 33.3 Å². The lowest BCUT2D eigenvalue weighted by Gasteiger charge is -2.12. The molecule has 8 aromatic carbocycles. The molecule has 0 radical (unpaired) electrons. The molecule has 0 saturated carbocycles. The number of para-hydroxylation sites is 3. The minimum Gasteiger partial charge on any atom is -0.456 e. The number of fused-ring (bicyclic) bond motifs is 9. The molecule has 3 nitrogen and oxygen atoms in total. The van der Waals surface area contributed by atoms with Crippen molar-refractivity contribution in [2.45, 2.75) is 0 Å². The van der Waals surface area contributed by atoms with Gasteiger partial charge in [-0.3, -0.25) is 0 Å². The van der Waals surface area contributed by atoms with Gasteiger partial charge in [0.1, 0.15) is 11.2 Å². The molecule has 0 atom stereocenters. The Bertz CT molecular complexity index is 3120. The molecule has 0 bridgehead atoms. The molecule has 0 saturated heterocycles. The van der Waals surface area contributed by atoms with E-state index in [4.69, 9.17) is 4.42 Å². The molecule has 0 spiro atoms. The van der Waals surface area contributed by atoms with Gasteiger partial charge in [-0.05, 0) is 76.9 Å². The quantitative estimate of drug-likeness (QED) is 0.186. The molecule has 51 heavy (non-hydrogen) atoms. The number of benzene rings is 8. The van der Waals surface area contributed by atoms with E-state index in [1.54, 1.807) is 0 Å². The molecule has 0 fully saturated rings. The van der Waals surface area contributed by atoms with Crippen LogP contribution in [0.4, 0.5) is 0 Å². The highest BCUT2D eigenvalue weighted by Gasteiger charge is 2.21. The van der Waals surface area contributed by atoms with Crippen molar-refractivity contribution in [3.8, 4) is 33.6 Å². The molecule has 238 valence electrons. The minimum absolute atomic E-state index is 0.895. The maximum atomic E-state index is 6.35. The molecule has 0 N–H and O–H groups in total. The van der Waals surface area contributed by atoms with Crippen LogP contribution in [0.5, 0.6) is 0 Å². The molecule has 11 rings (SSSR count). The Morgan fingerprint density at radius 1 is 0.314 bits per heavy atom. The second kappa shape index (κ2) is 10.8. The summed E-state index contributed by atoms with van der Waals surface area (Å²) in [5.41, 5.74) is 13.6. The van der Waals surface area contributed by atoms with Crippen molar-refractivity contribution in [3.05, 3.63) is 182 Å². The predicted molar refractivity (Wildman–Crippen MR) is 213 cm³/mol. The first-order valence-electron chi connectivity index (χ1n) is 17.4. The van der Waals surface area contributed by atoms with E-state index >= 15 is 0 Å². The van der Waals surface area contributed by atoms with Crippen LogP contribution >= 0.6 is 0 Å². The first kappa shape index (κ1) is 28.0. The monoisotopic (exact) mass is 650 g/mol. The van der Waals surface area contributed by atoms with Crippen molar-refractivity contribution in [3.63, 3.8) is 0 Å². The normalized spacial score (nSPS) is 11.9. The molecular formula is C48H30N2O. The Labute approximate surface area is 293 Å². The van der Waals surface area contributed by atoms with E-state index in [-0.39, 0.29) is 0 Å². The Morgan fingerprint density at radius 2 is 0.843 bits per heavy atom. The number of nitrogens with zero attached hydrogens (tertiary/aromatic N) is 2. The molecule has 0 amide bonds. The van der Waals surface area contributed by atoms with Crippen molar-refractivity contribution in [1.29, 1.82) is 0 Å². The van der Waals surface area contributed by atoms with Gasteiger partial charge in [-0.2, -0.15) is 0 Å². The van der Waals surface area contributed by atoms with Crippen molar-refractivity contribution in [1.82, 2.24) is 9.13 Å². The lowest BCUT2D eigenvalue weighted by atomic mass is 10.00. The van der Waals surface area contributed by atoms with Gasteiger partial charge in [-0.1, -0.05) is 127 Å². The summed E-state index contributed by atoms with van der Waals surface area (Å²) in [7, 11) is 0. The summed E-state index contributed by atoms with van der Waals surface area (Å²) in [6.07, 6.45) is 0. The summed E-state index contributed by atoms with van der Waals surface area (Å²) in [5, 5.41) is 7.16. The van der Waals surface area contributed by atoms with Crippen molar-refractivity contribution in [2.75, 3.05) is 0 Å². The van der Waals surface area contributed by atoms with Crippen molar-refractivity contribution in [2.24, 2.45) is 0 Å². The fourth-order valence-electron chi connectivity index (χ4n) is 8.22. The number of hydrogen-bond acceptors (Lipinski definition) is 1. The van der Waals surface area contributed by atoms with Gasteiger partial charge in [0.15, 0.2) is 0 Å². The fourth-order valence-corrected chi connectivity index (χ4v) is 8.22. The Morgan fingerprint density at radius 3 is 1.59 bits per heavy atom. The zero-order valence-electron chi connectivity index (χ0n) is 27.6. The minimum atomic E-state index is 0.895. The van der Waals surface area contributed by atoms with Gasteiger partial charge in [0, 0.05) is 32.6 Å². The van der Waals surface area contributed by atoms with Gasteiger partial charge >= 0.3 is 0 Å². The molecule has 0 unspecified atom stereocenters. The largest absolute Gasteiger partial charge is 0.456 e. The second-order valence-corrected chi connectivity index (χ2v) is 13.3. The van der Waals surface area contributed by atoms with Crippen LogP contribution in [0.1, 0.15) is 0 Å². The van der Waals surface area contributed by atoms with E-state index in [0.29, 0.717) is 0 Å². The molecule has 11 aromatic rings. The second-order valence-electron chi connectivity index (χ2n) is 13.3. The highest BCUT2D eigenvalue weighted by atomic mass is 16.3. The summed E-state index contributed by atoms with van der Waals surface area (Å²) in [4.78, 5) is 0. The van der Waals surface area contributed by atoms with E-state index < -0.39 is 0 Å². The van der Waals surface area contributed by atoms with Gasteiger partial charge in [-0.25, -0.2) is 0 Å². The van der Waals surface area contributed by atoms with Crippen LogP contribution in [0.3, 0.4) is 0 Å². The van der Waals surface area contributed by atoms with E-state index in [2.05, 4.69) is 185 Å². The molecule has 0 aliphatic heterocycles. The SMILES string of the molecule is c1ccc(-c2ccc(-c3cccc(-n4c5ccccc5c5cc6c(cc54)c4ccccc4n6-c4cccc5oc6ccccc6c45)c3)cc2)cc1. The summed E-state index contributed by atoms with van der Waals surface area (Å²) < 4.78 is 11.2. The molecule has 3 aromatic heterocycles. The zero-order valence-corrected chi connectivity index (χ0v) is 27.6. The first-order chi connectivity index (χ1) is 25.3. The van der Waals surface area contributed by atoms with E-state index in [1.165, 1.54) is 65.9 Å². The van der Waals surface area contributed by atoms with Crippen molar-refractivity contribution < 1.29 is 4.42 Å². The summed E-state index contributed by atoms with van der Waals surface area (Å²) >= 11 is 0. The summed E-state index contributed by atoms with van der Waals surface area (Å²) in [5.74, 6) is 0. The number of hydrogen-bond donors (Lipinski definition) is 0. The highest BCUT2D eigenvalue weighted by Crippen LogP contribution is 2.42. The molecule has 0 aliphatic carbocycles. The van der Waals surface area contributed by atoms with Crippen LogP contribution in [-0.2, 0) is 0 Å².